The molecule has 0 spiro atoms. The molecule has 2 heterocycles. The van der Waals surface area contributed by atoms with Crippen molar-refractivity contribution in [2.24, 2.45) is 5.73 Å². The zero-order valence-corrected chi connectivity index (χ0v) is 14.4. The minimum absolute atomic E-state index is 0.0857. The van der Waals surface area contributed by atoms with Gasteiger partial charge in [0, 0.05) is 25.4 Å². The lowest BCUT2D eigenvalue weighted by atomic mass is 10.0. The van der Waals surface area contributed by atoms with E-state index in [2.05, 4.69) is 4.98 Å². The Morgan fingerprint density at radius 2 is 1.93 bits per heavy atom. The fourth-order valence-corrected chi connectivity index (χ4v) is 2.79. The Labute approximate surface area is 154 Å². The fourth-order valence-electron chi connectivity index (χ4n) is 2.79. The Bertz CT molecular complexity index is 838. The second-order valence-electron chi connectivity index (χ2n) is 6.19. The van der Waals surface area contributed by atoms with E-state index in [1.165, 1.54) is 11.6 Å². The third kappa shape index (κ3) is 4.99. The molecule has 142 valence electrons. The quantitative estimate of drug-likeness (QED) is 0.859. The Morgan fingerprint density at radius 1 is 1.19 bits per heavy atom. The van der Waals surface area contributed by atoms with Crippen molar-refractivity contribution in [3.05, 3.63) is 59.3 Å². The average Bonchev–Trinajstić information content (AvgIpc) is 2.62. The van der Waals surface area contributed by atoms with Gasteiger partial charge in [0.15, 0.2) is 0 Å². The first-order valence-electron chi connectivity index (χ1n) is 8.36. The van der Waals surface area contributed by atoms with Crippen molar-refractivity contribution < 1.29 is 22.7 Å². The first kappa shape index (κ1) is 18.8. The molecule has 1 aromatic heterocycles. The number of rotatable bonds is 3. The molecule has 1 aromatic carbocycles. The molecule has 0 bridgehead atoms. The highest BCUT2D eigenvalue weighted by Gasteiger charge is 2.30. The van der Waals surface area contributed by atoms with Crippen LogP contribution in [0.3, 0.4) is 0 Å². The van der Waals surface area contributed by atoms with Gasteiger partial charge in [0.2, 0.25) is 5.88 Å². The molecule has 0 atom stereocenters. The summed E-state index contributed by atoms with van der Waals surface area (Å²) < 4.78 is 43.3. The van der Waals surface area contributed by atoms with E-state index in [1.807, 2.05) is 12.1 Å². The summed E-state index contributed by atoms with van der Waals surface area (Å²) in [5, 5.41) is 0. The third-order valence-electron chi connectivity index (χ3n) is 4.23. The molecule has 8 heteroatoms. The van der Waals surface area contributed by atoms with Crippen LogP contribution < -0.4 is 10.5 Å². The molecule has 0 aliphatic carbocycles. The lowest BCUT2D eigenvalue weighted by Crippen LogP contribution is -2.39. The number of aromatic nitrogens is 1. The molecule has 1 aliphatic heterocycles. The van der Waals surface area contributed by atoms with Gasteiger partial charge >= 0.3 is 12.2 Å². The molecule has 1 aliphatic rings. The van der Waals surface area contributed by atoms with E-state index in [1.54, 1.807) is 23.1 Å². The van der Waals surface area contributed by atoms with Gasteiger partial charge < -0.3 is 15.4 Å². The Hall–Kier alpha value is -3.03. The number of primary amides is 1. The molecule has 1 fully saturated rings. The van der Waals surface area contributed by atoms with E-state index in [4.69, 9.17) is 10.5 Å². The number of alkyl halides is 3. The first-order chi connectivity index (χ1) is 12.8. The molecule has 3 rings (SSSR count). The highest BCUT2D eigenvalue weighted by molar-refractivity contribution is 5.72. The van der Waals surface area contributed by atoms with Crippen LogP contribution in [0.2, 0.25) is 0 Å². The van der Waals surface area contributed by atoms with Crippen molar-refractivity contribution in [3.63, 3.8) is 0 Å². The van der Waals surface area contributed by atoms with Crippen LogP contribution in [0, 0.1) is 0 Å². The lowest BCUT2D eigenvalue weighted by molar-refractivity contribution is -0.137. The summed E-state index contributed by atoms with van der Waals surface area (Å²) in [4.78, 5) is 16.5. The van der Waals surface area contributed by atoms with Crippen LogP contribution in [0.15, 0.2) is 48.2 Å². The largest absolute Gasteiger partial charge is 0.439 e. The summed E-state index contributed by atoms with van der Waals surface area (Å²) in [6.07, 6.45) is -0.177. The number of benzene rings is 1. The average molecular weight is 377 g/mol. The van der Waals surface area contributed by atoms with Gasteiger partial charge in [-0.05, 0) is 36.6 Å². The van der Waals surface area contributed by atoms with Crippen molar-refractivity contribution in [1.29, 1.82) is 0 Å². The number of carbonyl (C=O) groups excluding carboxylic acids is 1. The predicted molar refractivity (Wildman–Crippen MR) is 94.1 cm³/mol. The van der Waals surface area contributed by atoms with Crippen LogP contribution in [0.25, 0.3) is 6.08 Å². The number of hydrogen-bond acceptors (Lipinski definition) is 3. The van der Waals surface area contributed by atoms with Crippen LogP contribution in [0.1, 0.15) is 24.0 Å². The molecule has 2 N–H and O–H groups in total. The van der Waals surface area contributed by atoms with Gasteiger partial charge in [0.1, 0.15) is 5.75 Å². The number of likely N-dealkylation sites (tertiary alicyclic amines) is 1. The minimum Gasteiger partial charge on any atom is -0.439 e. The first-order valence-corrected chi connectivity index (χ1v) is 8.36. The molecule has 2 amide bonds. The minimum atomic E-state index is -4.43. The second-order valence-corrected chi connectivity index (χ2v) is 6.19. The smallest absolute Gasteiger partial charge is 0.417 e. The second kappa shape index (κ2) is 7.69. The van der Waals surface area contributed by atoms with Gasteiger partial charge in [-0.3, -0.25) is 0 Å². The summed E-state index contributed by atoms with van der Waals surface area (Å²) in [7, 11) is 0. The van der Waals surface area contributed by atoms with Gasteiger partial charge in [0.25, 0.3) is 0 Å². The maximum Gasteiger partial charge on any atom is 0.417 e. The maximum atomic E-state index is 12.6. The van der Waals surface area contributed by atoms with E-state index < -0.39 is 17.8 Å². The highest BCUT2D eigenvalue weighted by Crippen LogP contribution is 2.30. The Morgan fingerprint density at radius 3 is 2.52 bits per heavy atom. The van der Waals surface area contributed by atoms with Crippen LogP contribution in [0.5, 0.6) is 11.6 Å². The topological polar surface area (TPSA) is 68.5 Å². The number of nitrogens with two attached hydrogens (primary N) is 1. The standard InChI is InChI=1S/C19H18F3N3O2/c20-19(21,22)15-4-5-17(24-12-15)27-16-3-1-2-14(11-16)10-13-6-8-25(9-7-13)18(23)26/h1-5,10-12H,6-9H2,(H2,23,26). The van der Waals surface area contributed by atoms with E-state index in [9.17, 15) is 18.0 Å². The third-order valence-corrected chi connectivity index (χ3v) is 4.23. The highest BCUT2D eigenvalue weighted by atomic mass is 19.4. The molecule has 0 radical (unpaired) electrons. The van der Waals surface area contributed by atoms with Crippen molar-refractivity contribution in [3.8, 4) is 11.6 Å². The number of nitrogens with zero attached hydrogens (tertiary/aromatic N) is 2. The van der Waals surface area contributed by atoms with Crippen molar-refractivity contribution in [1.82, 2.24) is 9.88 Å². The lowest BCUT2D eigenvalue weighted by Gasteiger charge is -2.26. The van der Waals surface area contributed by atoms with Gasteiger partial charge in [0.05, 0.1) is 5.56 Å². The van der Waals surface area contributed by atoms with E-state index in [0.29, 0.717) is 18.8 Å². The molecule has 5 nitrogen and oxygen atoms in total. The predicted octanol–water partition coefficient (Wildman–Crippen LogP) is 4.45. The fraction of sp³-hybridized carbons (Fsp3) is 0.263. The molecule has 0 unspecified atom stereocenters. The summed E-state index contributed by atoms with van der Waals surface area (Å²) in [5.41, 5.74) is 6.55. The summed E-state index contributed by atoms with van der Waals surface area (Å²) in [5.74, 6) is 0.564. The number of urea groups is 1. The molecular formula is C19H18F3N3O2. The van der Waals surface area contributed by atoms with Crippen LogP contribution >= 0.6 is 0 Å². The molecule has 2 aromatic rings. The van der Waals surface area contributed by atoms with E-state index in [-0.39, 0.29) is 5.88 Å². The monoisotopic (exact) mass is 377 g/mol. The molecular weight excluding hydrogens is 359 g/mol. The van der Waals surface area contributed by atoms with Gasteiger partial charge in [-0.2, -0.15) is 13.2 Å². The Kier molecular flexibility index (Phi) is 5.34. The van der Waals surface area contributed by atoms with E-state index >= 15 is 0 Å². The molecule has 0 saturated carbocycles. The van der Waals surface area contributed by atoms with Gasteiger partial charge in [-0.1, -0.05) is 23.8 Å². The zero-order chi connectivity index (χ0) is 19.4. The molecule has 27 heavy (non-hydrogen) atoms. The summed E-state index contributed by atoms with van der Waals surface area (Å²) >= 11 is 0. The van der Waals surface area contributed by atoms with Crippen LogP contribution in [-0.4, -0.2) is 29.0 Å². The number of amides is 2. The van der Waals surface area contributed by atoms with Crippen molar-refractivity contribution in [2.75, 3.05) is 13.1 Å². The SMILES string of the molecule is NC(=O)N1CCC(=Cc2cccc(Oc3ccc(C(F)(F)F)cn3)c2)CC1. The van der Waals surface area contributed by atoms with E-state index in [0.717, 1.165) is 30.7 Å². The number of halogens is 3. The normalized spacial score (nSPS) is 14.8. The summed E-state index contributed by atoms with van der Waals surface area (Å²) in [6.45, 7) is 1.18. The Balaban J connectivity index is 1.67. The number of hydrogen-bond donors (Lipinski definition) is 1. The number of carbonyl (C=O) groups is 1. The summed E-state index contributed by atoms with van der Waals surface area (Å²) in [6, 6.07) is 8.90. The maximum absolute atomic E-state index is 12.6. The van der Waals surface area contributed by atoms with Crippen molar-refractivity contribution in [2.45, 2.75) is 19.0 Å². The van der Waals surface area contributed by atoms with Crippen LogP contribution in [0.4, 0.5) is 18.0 Å². The zero-order valence-electron chi connectivity index (χ0n) is 14.4. The van der Waals surface area contributed by atoms with Gasteiger partial charge in [-0.25, -0.2) is 9.78 Å². The number of piperidine rings is 1. The number of ether oxygens (including phenoxy) is 1. The number of pyridine rings is 1. The van der Waals surface area contributed by atoms with Crippen molar-refractivity contribution >= 4 is 12.1 Å². The van der Waals surface area contributed by atoms with Crippen LogP contribution in [-0.2, 0) is 6.18 Å². The van der Waals surface area contributed by atoms with Gasteiger partial charge in [-0.15, -0.1) is 0 Å². The molecule has 1 saturated heterocycles.